The van der Waals surface area contributed by atoms with E-state index in [9.17, 15) is 0 Å². The summed E-state index contributed by atoms with van der Waals surface area (Å²) in [5.41, 5.74) is 1.20. The minimum absolute atomic E-state index is 0.871. The van der Waals surface area contributed by atoms with Crippen LogP contribution in [0.2, 0.25) is 0 Å². The third-order valence-corrected chi connectivity index (χ3v) is 3.50. The largest absolute Gasteiger partial charge is 0.472 e. The van der Waals surface area contributed by atoms with E-state index in [4.69, 9.17) is 4.42 Å². The zero-order valence-electron chi connectivity index (χ0n) is 8.82. The van der Waals surface area contributed by atoms with Gasteiger partial charge in [-0.25, -0.2) is 0 Å². The van der Waals surface area contributed by atoms with Crippen molar-refractivity contribution >= 4 is 11.3 Å². The summed E-state index contributed by atoms with van der Waals surface area (Å²) < 4.78 is 5.00. The summed E-state index contributed by atoms with van der Waals surface area (Å²) in [7, 11) is 0. The molecule has 80 valence electrons. The van der Waals surface area contributed by atoms with Crippen molar-refractivity contribution in [2.45, 2.75) is 26.4 Å². The predicted octanol–water partition coefficient (Wildman–Crippen LogP) is 3.19. The van der Waals surface area contributed by atoms with Crippen LogP contribution in [0.1, 0.15) is 22.2 Å². The van der Waals surface area contributed by atoms with Gasteiger partial charge in [-0.15, -0.1) is 11.3 Å². The molecule has 0 fully saturated rings. The van der Waals surface area contributed by atoms with Crippen LogP contribution in [-0.4, -0.2) is 0 Å². The molecule has 0 radical (unpaired) electrons. The van der Waals surface area contributed by atoms with Crippen LogP contribution < -0.4 is 5.32 Å². The Hall–Kier alpha value is -1.06. The molecule has 3 heteroatoms. The first-order valence-electron chi connectivity index (χ1n) is 5.18. The van der Waals surface area contributed by atoms with Gasteiger partial charge in [-0.1, -0.05) is 6.92 Å². The molecule has 0 unspecified atom stereocenters. The molecule has 2 aromatic heterocycles. The van der Waals surface area contributed by atoms with Gasteiger partial charge in [-0.2, -0.15) is 0 Å². The van der Waals surface area contributed by atoms with E-state index in [-0.39, 0.29) is 0 Å². The number of hydrogen-bond donors (Lipinski definition) is 1. The van der Waals surface area contributed by atoms with Crippen molar-refractivity contribution in [2.24, 2.45) is 0 Å². The Kier molecular flexibility index (Phi) is 3.59. The lowest BCUT2D eigenvalue weighted by molar-refractivity contribution is 0.560. The standard InChI is InChI=1S/C12H15NOS/c1-2-11-3-4-12(15-11)8-13-7-10-5-6-14-9-10/h3-6,9,13H,2,7-8H2,1H3. The highest BCUT2D eigenvalue weighted by Crippen LogP contribution is 2.16. The molecule has 0 aliphatic rings. The summed E-state index contributed by atoms with van der Waals surface area (Å²) in [4.78, 5) is 2.85. The molecule has 1 N–H and O–H groups in total. The van der Waals surface area contributed by atoms with E-state index in [1.54, 1.807) is 12.5 Å². The minimum Gasteiger partial charge on any atom is -0.472 e. The summed E-state index contributed by atoms with van der Waals surface area (Å²) in [5.74, 6) is 0. The minimum atomic E-state index is 0.871. The SMILES string of the molecule is CCc1ccc(CNCc2ccoc2)s1. The van der Waals surface area contributed by atoms with Crippen molar-refractivity contribution in [3.63, 3.8) is 0 Å². The van der Waals surface area contributed by atoms with Gasteiger partial charge in [-0.05, 0) is 24.6 Å². The number of thiophene rings is 1. The number of nitrogens with one attached hydrogen (secondary N) is 1. The van der Waals surface area contributed by atoms with Gasteiger partial charge in [0.05, 0.1) is 12.5 Å². The zero-order chi connectivity index (χ0) is 10.5. The molecule has 15 heavy (non-hydrogen) atoms. The summed E-state index contributed by atoms with van der Waals surface area (Å²) in [5, 5.41) is 3.39. The average molecular weight is 221 g/mol. The van der Waals surface area contributed by atoms with Crippen LogP contribution in [0.4, 0.5) is 0 Å². The van der Waals surface area contributed by atoms with Gasteiger partial charge in [0.25, 0.3) is 0 Å². The van der Waals surface area contributed by atoms with E-state index in [0.717, 1.165) is 19.5 Å². The lowest BCUT2D eigenvalue weighted by Gasteiger charge is -1.99. The van der Waals surface area contributed by atoms with E-state index >= 15 is 0 Å². The number of furan rings is 1. The molecule has 0 amide bonds. The van der Waals surface area contributed by atoms with Gasteiger partial charge in [-0.3, -0.25) is 0 Å². The van der Waals surface area contributed by atoms with E-state index in [1.807, 2.05) is 17.4 Å². The summed E-state index contributed by atoms with van der Waals surface area (Å²) in [6.45, 7) is 4.00. The second-order valence-electron chi connectivity index (χ2n) is 3.46. The number of hydrogen-bond acceptors (Lipinski definition) is 3. The second-order valence-corrected chi connectivity index (χ2v) is 4.71. The molecule has 0 saturated carbocycles. The molecular formula is C12H15NOS. The molecule has 0 spiro atoms. The molecule has 2 heterocycles. The highest BCUT2D eigenvalue weighted by molar-refractivity contribution is 7.11. The van der Waals surface area contributed by atoms with Crippen LogP contribution in [0, 0.1) is 0 Å². The smallest absolute Gasteiger partial charge is 0.0947 e. The molecule has 0 aliphatic carbocycles. The highest BCUT2D eigenvalue weighted by Gasteiger charge is 1.98. The van der Waals surface area contributed by atoms with Crippen LogP contribution >= 0.6 is 11.3 Å². The highest BCUT2D eigenvalue weighted by atomic mass is 32.1. The van der Waals surface area contributed by atoms with Crippen LogP contribution in [0.15, 0.2) is 35.1 Å². The Morgan fingerprint density at radius 1 is 1.20 bits per heavy atom. The third kappa shape index (κ3) is 2.94. The van der Waals surface area contributed by atoms with Gasteiger partial charge in [0.2, 0.25) is 0 Å². The van der Waals surface area contributed by atoms with Gasteiger partial charge in [0.15, 0.2) is 0 Å². The summed E-state index contributed by atoms with van der Waals surface area (Å²) in [6.07, 6.45) is 4.61. The lowest BCUT2D eigenvalue weighted by Crippen LogP contribution is -2.10. The van der Waals surface area contributed by atoms with Crippen molar-refractivity contribution in [3.8, 4) is 0 Å². The first kappa shape index (κ1) is 10.5. The van der Waals surface area contributed by atoms with Gasteiger partial charge in [0.1, 0.15) is 0 Å². The van der Waals surface area contributed by atoms with Crippen LogP contribution in [0.5, 0.6) is 0 Å². The van der Waals surface area contributed by atoms with Crippen LogP contribution in [0.25, 0.3) is 0 Å². The van der Waals surface area contributed by atoms with Crippen molar-refractivity contribution in [2.75, 3.05) is 0 Å². The second kappa shape index (κ2) is 5.14. The molecule has 2 nitrogen and oxygen atoms in total. The zero-order valence-corrected chi connectivity index (χ0v) is 9.64. The van der Waals surface area contributed by atoms with E-state index in [2.05, 4.69) is 24.4 Å². The van der Waals surface area contributed by atoms with Crippen molar-refractivity contribution in [1.29, 1.82) is 0 Å². The van der Waals surface area contributed by atoms with Crippen molar-refractivity contribution in [1.82, 2.24) is 5.32 Å². The maximum absolute atomic E-state index is 5.00. The Bertz CT molecular complexity index is 391. The van der Waals surface area contributed by atoms with Gasteiger partial charge in [0, 0.05) is 28.4 Å². The summed E-state index contributed by atoms with van der Waals surface area (Å²) >= 11 is 1.88. The van der Waals surface area contributed by atoms with E-state index in [0.29, 0.717) is 0 Å². The topological polar surface area (TPSA) is 25.2 Å². The quantitative estimate of drug-likeness (QED) is 0.838. The number of rotatable bonds is 5. The lowest BCUT2D eigenvalue weighted by atomic mass is 10.3. The predicted molar refractivity (Wildman–Crippen MR) is 62.9 cm³/mol. The normalized spacial score (nSPS) is 10.7. The fourth-order valence-electron chi connectivity index (χ4n) is 1.43. The number of aryl methyl sites for hydroxylation is 1. The molecule has 0 aromatic carbocycles. The maximum atomic E-state index is 5.00. The molecule has 0 atom stereocenters. The Morgan fingerprint density at radius 3 is 2.73 bits per heavy atom. The van der Waals surface area contributed by atoms with E-state index in [1.165, 1.54) is 15.3 Å². The fraction of sp³-hybridized carbons (Fsp3) is 0.333. The Morgan fingerprint density at radius 2 is 2.07 bits per heavy atom. The van der Waals surface area contributed by atoms with Gasteiger partial charge < -0.3 is 9.73 Å². The van der Waals surface area contributed by atoms with Crippen LogP contribution in [0.3, 0.4) is 0 Å². The Balaban J connectivity index is 1.78. The van der Waals surface area contributed by atoms with Gasteiger partial charge >= 0.3 is 0 Å². The monoisotopic (exact) mass is 221 g/mol. The van der Waals surface area contributed by atoms with Crippen molar-refractivity contribution in [3.05, 3.63) is 46.0 Å². The molecule has 0 bridgehead atoms. The molecule has 2 aromatic rings. The first-order chi connectivity index (χ1) is 7.38. The van der Waals surface area contributed by atoms with Crippen LogP contribution in [-0.2, 0) is 19.5 Å². The summed E-state index contributed by atoms with van der Waals surface area (Å²) in [6, 6.07) is 6.39. The Labute approximate surface area is 93.9 Å². The average Bonchev–Trinajstić information content (AvgIpc) is 2.88. The molecule has 0 aliphatic heterocycles. The van der Waals surface area contributed by atoms with Crippen molar-refractivity contribution < 1.29 is 4.42 Å². The molecule has 2 rings (SSSR count). The third-order valence-electron chi connectivity index (χ3n) is 2.27. The molecular weight excluding hydrogens is 206 g/mol. The fourth-order valence-corrected chi connectivity index (χ4v) is 2.36. The molecule has 0 saturated heterocycles. The van der Waals surface area contributed by atoms with E-state index < -0.39 is 0 Å². The first-order valence-corrected chi connectivity index (χ1v) is 5.99. The maximum Gasteiger partial charge on any atom is 0.0947 e.